The summed E-state index contributed by atoms with van der Waals surface area (Å²) in [5.74, 6) is 0.558. The third-order valence-electron chi connectivity index (χ3n) is 4.56. The molecule has 0 fully saturated rings. The monoisotopic (exact) mass is 341 g/mol. The van der Waals surface area contributed by atoms with E-state index in [1.54, 1.807) is 24.3 Å². The van der Waals surface area contributed by atoms with Crippen LogP contribution in [0.3, 0.4) is 0 Å². The Hall–Kier alpha value is -2.16. The molecule has 0 unspecified atom stereocenters. The van der Waals surface area contributed by atoms with Crippen molar-refractivity contribution in [3.63, 3.8) is 0 Å². The minimum absolute atomic E-state index is 0.279. The van der Waals surface area contributed by atoms with Crippen LogP contribution in [0, 0.1) is 0 Å². The van der Waals surface area contributed by atoms with Crippen LogP contribution in [0.15, 0.2) is 48.5 Å². The Bertz CT molecular complexity index is 547. The maximum Gasteiger partial charge on any atom is 0.115 e. The van der Waals surface area contributed by atoms with Gasteiger partial charge in [-0.1, -0.05) is 51.9 Å². The fraction of sp³-hybridized carbons (Fsp3) is 0.455. The Morgan fingerprint density at radius 3 is 1.44 bits per heavy atom. The van der Waals surface area contributed by atoms with E-state index in [9.17, 15) is 10.2 Å². The Labute approximate surface area is 151 Å². The topological polar surface area (TPSA) is 43.7 Å². The number of phenols is 2. The second-order valence-electron chi connectivity index (χ2n) is 6.66. The number of unbranched alkanes of at least 4 members (excludes halogenated alkanes) is 7. The maximum atomic E-state index is 9.53. The third kappa shape index (κ3) is 6.69. The maximum absolute atomic E-state index is 9.53. The average molecular weight is 341 g/mol. The molecule has 3 heteroatoms. The van der Waals surface area contributed by atoms with Gasteiger partial charge < -0.3 is 15.1 Å². The Kier molecular flexibility index (Phi) is 8.17. The molecule has 0 aliphatic heterocycles. The number of benzene rings is 2. The van der Waals surface area contributed by atoms with Crippen LogP contribution in [0.25, 0.3) is 0 Å². The third-order valence-corrected chi connectivity index (χ3v) is 4.56. The molecule has 2 rings (SSSR count). The number of hydrogen-bond donors (Lipinski definition) is 2. The largest absolute Gasteiger partial charge is 0.508 e. The summed E-state index contributed by atoms with van der Waals surface area (Å²) in [6, 6.07) is 14.6. The van der Waals surface area contributed by atoms with E-state index in [1.165, 1.54) is 44.9 Å². The van der Waals surface area contributed by atoms with Gasteiger partial charge in [-0.05, 0) is 55.0 Å². The molecule has 0 atom stereocenters. The highest BCUT2D eigenvalue weighted by molar-refractivity contribution is 5.64. The summed E-state index contributed by atoms with van der Waals surface area (Å²) in [5, 5.41) is 19.1. The molecular weight excluding hydrogens is 310 g/mol. The zero-order valence-corrected chi connectivity index (χ0v) is 15.3. The van der Waals surface area contributed by atoms with Crippen LogP contribution >= 0.6 is 0 Å². The molecule has 0 bridgehead atoms. The van der Waals surface area contributed by atoms with Crippen LogP contribution in [-0.4, -0.2) is 16.8 Å². The molecule has 2 N–H and O–H groups in total. The van der Waals surface area contributed by atoms with Gasteiger partial charge in [-0.2, -0.15) is 0 Å². The van der Waals surface area contributed by atoms with Gasteiger partial charge in [-0.15, -0.1) is 0 Å². The fourth-order valence-electron chi connectivity index (χ4n) is 3.08. The zero-order valence-electron chi connectivity index (χ0n) is 15.3. The summed E-state index contributed by atoms with van der Waals surface area (Å²) in [5.41, 5.74) is 2.12. The molecule has 3 nitrogen and oxygen atoms in total. The molecule has 25 heavy (non-hydrogen) atoms. The lowest BCUT2D eigenvalue weighted by atomic mass is 10.1. The van der Waals surface area contributed by atoms with Crippen molar-refractivity contribution in [1.29, 1.82) is 0 Å². The number of aromatic hydroxyl groups is 2. The van der Waals surface area contributed by atoms with Crippen molar-refractivity contribution < 1.29 is 10.2 Å². The van der Waals surface area contributed by atoms with E-state index in [0.717, 1.165) is 24.3 Å². The zero-order chi connectivity index (χ0) is 17.9. The van der Waals surface area contributed by atoms with E-state index in [2.05, 4.69) is 11.8 Å². The van der Waals surface area contributed by atoms with Gasteiger partial charge in [0.05, 0.1) is 0 Å². The van der Waals surface area contributed by atoms with Gasteiger partial charge in [0.15, 0.2) is 0 Å². The van der Waals surface area contributed by atoms with Crippen LogP contribution in [0.5, 0.6) is 11.5 Å². The molecule has 0 aliphatic rings. The van der Waals surface area contributed by atoms with Gasteiger partial charge >= 0.3 is 0 Å². The Morgan fingerprint density at radius 1 is 0.600 bits per heavy atom. The summed E-state index contributed by atoms with van der Waals surface area (Å²) in [6.45, 7) is 3.19. The van der Waals surface area contributed by atoms with Gasteiger partial charge in [-0.3, -0.25) is 0 Å². The van der Waals surface area contributed by atoms with E-state index in [4.69, 9.17) is 0 Å². The lowest BCUT2D eigenvalue weighted by Gasteiger charge is -2.25. The van der Waals surface area contributed by atoms with Crippen LogP contribution in [-0.2, 0) is 0 Å². The summed E-state index contributed by atoms with van der Waals surface area (Å²) >= 11 is 0. The minimum Gasteiger partial charge on any atom is -0.508 e. The SMILES string of the molecule is CCCCCCCCCCN(c1ccc(O)cc1)c1ccc(O)cc1. The molecule has 2 aromatic rings. The minimum atomic E-state index is 0.279. The highest BCUT2D eigenvalue weighted by Gasteiger charge is 2.09. The first-order valence-electron chi connectivity index (χ1n) is 9.56. The number of rotatable bonds is 11. The van der Waals surface area contributed by atoms with Crippen molar-refractivity contribution in [2.45, 2.75) is 58.3 Å². The molecule has 0 spiro atoms. The summed E-state index contributed by atoms with van der Waals surface area (Å²) in [4.78, 5) is 2.25. The van der Waals surface area contributed by atoms with E-state index in [-0.39, 0.29) is 11.5 Å². The van der Waals surface area contributed by atoms with Crippen LogP contribution in [0.2, 0.25) is 0 Å². The molecule has 136 valence electrons. The molecular formula is C22H31NO2. The Morgan fingerprint density at radius 2 is 1.00 bits per heavy atom. The Balaban J connectivity index is 1.89. The first-order valence-corrected chi connectivity index (χ1v) is 9.56. The van der Waals surface area contributed by atoms with Crippen LogP contribution in [0.4, 0.5) is 11.4 Å². The van der Waals surface area contributed by atoms with Crippen molar-refractivity contribution in [2.24, 2.45) is 0 Å². The highest BCUT2D eigenvalue weighted by Crippen LogP contribution is 2.28. The van der Waals surface area contributed by atoms with E-state index in [0.29, 0.717) is 0 Å². The van der Waals surface area contributed by atoms with Gasteiger partial charge in [0, 0.05) is 17.9 Å². The van der Waals surface area contributed by atoms with Gasteiger partial charge in [0.25, 0.3) is 0 Å². The number of hydrogen-bond acceptors (Lipinski definition) is 3. The molecule has 0 aliphatic carbocycles. The molecule has 2 aromatic carbocycles. The van der Waals surface area contributed by atoms with Crippen molar-refractivity contribution in [3.8, 4) is 11.5 Å². The van der Waals surface area contributed by atoms with Gasteiger partial charge in [0.1, 0.15) is 11.5 Å². The summed E-state index contributed by atoms with van der Waals surface area (Å²) in [6.07, 6.45) is 10.4. The molecule has 0 saturated heterocycles. The number of anilines is 2. The van der Waals surface area contributed by atoms with E-state index in [1.807, 2.05) is 24.3 Å². The van der Waals surface area contributed by atoms with E-state index >= 15 is 0 Å². The van der Waals surface area contributed by atoms with Gasteiger partial charge in [0.2, 0.25) is 0 Å². The predicted molar refractivity (Wildman–Crippen MR) is 106 cm³/mol. The van der Waals surface area contributed by atoms with Crippen molar-refractivity contribution in [1.82, 2.24) is 0 Å². The fourth-order valence-corrected chi connectivity index (χ4v) is 3.08. The van der Waals surface area contributed by atoms with E-state index < -0.39 is 0 Å². The molecule has 0 aromatic heterocycles. The number of nitrogens with zero attached hydrogens (tertiary/aromatic N) is 1. The quantitative estimate of drug-likeness (QED) is 0.466. The van der Waals surface area contributed by atoms with Crippen molar-refractivity contribution in [2.75, 3.05) is 11.4 Å². The lowest BCUT2D eigenvalue weighted by Crippen LogP contribution is -2.18. The summed E-state index contributed by atoms with van der Waals surface area (Å²) in [7, 11) is 0. The molecule has 0 heterocycles. The standard InChI is InChI=1S/C22H31NO2/c1-2-3-4-5-6-7-8-9-18-23(19-10-14-21(24)15-11-19)20-12-16-22(25)17-13-20/h10-17,24-25H,2-9,18H2,1H3. The van der Waals surface area contributed by atoms with Crippen LogP contribution in [0.1, 0.15) is 58.3 Å². The lowest BCUT2D eigenvalue weighted by molar-refractivity contribution is 0.475. The summed E-state index contributed by atoms with van der Waals surface area (Å²) < 4.78 is 0. The normalized spacial score (nSPS) is 10.8. The van der Waals surface area contributed by atoms with Crippen LogP contribution < -0.4 is 4.90 Å². The van der Waals surface area contributed by atoms with Crippen molar-refractivity contribution >= 4 is 11.4 Å². The average Bonchev–Trinajstić information content (AvgIpc) is 2.63. The smallest absolute Gasteiger partial charge is 0.115 e. The van der Waals surface area contributed by atoms with Crippen molar-refractivity contribution in [3.05, 3.63) is 48.5 Å². The van der Waals surface area contributed by atoms with Gasteiger partial charge in [-0.25, -0.2) is 0 Å². The predicted octanol–water partition coefficient (Wildman–Crippen LogP) is 6.38. The second-order valence-corrected chi connectivity index (χ2v) is 6.66. The molecule has 0 saturated carbocycles. The number of phenolic OH excluding ortho intramolecular Hbond substituents is 2. The first-order chi connectivity index (χ1) is 12.2. The molecule has 0 amide bonds. The molecule has 0 radical (unpaired) electrons. The first kappa shape index (κ1) is 19.2. The highest BCUT2D eigenvalue weighted by atomic mass is 16.3. The second kappa shape index (κ2) is 10.7.